The number of morpholine rings is 1. The Bertz CT molecular complexity index is 615. The Kier molecular flexibility index (Phi) is 6.34. The number of carbonyl (C=O) groups is 1. The van der Waals surface area contributed by atoms with Crippen molar-refractivity contribution in [2.24, 2.45) is 0 Å². The van der Waals surface area contributed by atoms with Crippen molar-refractivity contribution in [2.45, 2.75) is 39.0 Å². The first-order chi connectivity index (χ1) is 11.6. The fraction of sp³-hybridized carbons (Fsp3) is 0.733. The number of rotatable bonds is 5. The van der Waals surface area contributed by atoms with E-state index in [1.54, 1.807) is 0 Å². The summed E-state index contributed by atoms with van der Waals surface area (Å²) in [4.78, 5) is 14.5. The summed E-state index contributed by atoms with van der Waals surface area (Å²) in [7, 11) is 0. The fourth-order valence-electron chi connectivity index (χ4n) is 2.75. The van der Waals surface area contributed by atoms with Crippen molar-refractivity contribution in [3.8, 4) is 0 Å². The first-order valence-electron chi connectivity index (χ1n) is 8.03. The van der Waals surface area contributed by atoms with Gasteiger partial charge in [0.25, 0.3) is 0 Å². The Morgan fingerprint density at radius 2 is 1.96 bits per heavy atom. The van der Waals surface area contributed by atoms with Gasteiger partial charge in [0.05, 0.1) is 23.9 Å². The molecule has 0 spiro atoms. The van der Waals surface area contributed by atoms with Gasteiger partial charge in [-0.05, 0) is 20.8 Å². The third kappa shape index (κ3) is 4.86. The first-order valence-corrected chi connectivity index (χ1v) is 8.41. The number of nitrogens with one attached hydrogen (secondary N) is 1. The van der Waals surface area contributed by atoms with Gasteiger partial charge in [-0.15, -0.1) is 0 Å². The second kappa shape index (κ2) is 7.92. The van der Waals surface area contributed by atoms with Crippen LogP contribution in [0.3, 0.4) is 0 Å². The lowest BCUT2D eigenvalue weighted by Crippen LogP contribution is -2.47. The van der Waals surface area contributed by atoms with E-state index in [1.807, 2.05) is 6.92 Å². The normalized spacial score (nSPS) is 18.8. The van der Waals surface area contributed by atoms with Gasteiger partial charge in [-0.1, -0.05) is 11.6 Å². The number of aromatic nitrogens is 2. The van der Waals surface area contributed by atoms with Gasteiger partial charge in [-0.3, -0.25) is 14.4 Å². The summed E-state index contributed by atoms with van der Waals surface area (Å²) in [6, 6.07) is -1.05. The van der Waals surface area contributed by atoms with Crippen LogP contribution in [0.25, 0.3) is 0 Å². The number of alkyl halides is 3. The van der Waals surface area contributed by atoms with Crippen LogP contribution in [0.1, 0.15) is 31.3 Å². The van der Waals surface area contributed by atoms with Gasteiger partial charge >= 0.3 is 6.18 Å². The van der Waals surface area contributed by atoms with Gasteiger partial charge < -0.3 is 10.1 Å². The minimum atomic E-state index is -4.66. The highest BCUT2D eigenvalue weighted by Gasteiger charge is 2.39. The number of halogens is 4. The maximum atomic E-state index is 12.9. The Balaban J connectivity index is 2.02. The molecule has 1 aromatic heterocycles. The molecule has 10 heteroatoms. The molecule has 25 heavy (non-hydrogen) atoms. The Labute approximate surface area is 149 Å². The van der Waals surface area contributed by atoms with Gasteiger partial charge in [0.2, 0.25) is 5.91 Å². The van der Waals surface area contributed by atoms with E-state index in [4.69, 9.17) is 16.3 Å². The first kappa shape index (κ1) is 20.0. The van der Waals surface area contributed by atoms with E-state index in [2.05, 4.69) is 15.3 Å². The number of hydrogen-bond donors (Lipinski definition) is 1. The molecule has 0 aliphatic carbocycles. The number of carbonyl (C=O) groups excluding carboxylic acids is 1. The predicted molar refractivity (Wildman–Crippen MR) is 86.6 cm³/mol. The summed E-state index contributed by atoms with van der Waals surface area (Å²) in [5.74, 6) is -0.406. The molecule has 1 fully saturated rings. The maximum Gasteiger partial charge on any atom is 0.436 e. The van der Waals surface area contributed by atoms with Crippen LogP contribution in [0.5, 0.6) is 0 Å². The highest BCUT2D eigenvalue weighted by Crippen LogP contribution is 2.36. The zero-order chi connectivity index (χ0) is 18.8. The monoisotopic (exact) mass is 382 g/mol. The molecule has 1 aliphatic rings. The number of ether oxygens (including phenoxy) is 1. The summed E-state index contributed by atoms with van der Waals surface area (Å²) in [6.07, 6.45) is -4.66. The van der Waals surface area contributed by atoms with Crippen molar-refractivity contribution in [1.29, 1.82) is 0 Å². The average Bonchev–Trinajstić information content (AvgIpc) is 2.83. The van der Waals surface area contributed by atoms with E-state index < -0.39 is 28.8 Å². The van der Waals surface area contributed by atoms with Crippen LogP contribution in [0, 0.1) is 6.92 Å². The molecule has 1 aliphatic heterocycles. The van der Waals surface area contributed by atoms with Gasteiger partial charge in [-0.2, -0.15) is 18.3 Å². The van der Waals surface area contributed by atoms with Crippen LogP contribution in [-0.4, -0.2) is 59.5 Å². The number of amides is 1. The van der Waals surface area contributed by atoms with Gasteiger partial charge in [0.1, 0.15) is 6.04 Å². The molecule has 142 valence electrons. The third-order valence-electron chi connectivity index (χ3n) is 4.12. The molecular weight excluding hydrogens is 361 g/mol. The van der Waals surface area contributed by atoms with E-state index in [9.17, 15) is 18.0 Å². The molecule has 0 unspecified atom stereocenters. The van der Waals surface area contributed by atoms with Crippen LogP contribution in [-0.2, 0) is 15.7 Å². The second-order valence-corrected chi connectivity index (χ2v) is 6.57. The van der Waals surface area contributed by atoms with Crippen LogP contribution in [0.4, 0.5) is 13.2 Å². The SMILES string of the molecule is Cc1c(Cl)c(C(F)(F)F)nn1[C@@H](C)C(=O)N[C@H](C)CN1CCOCC1. The van der Waals surface area contributed by atoms with E-state index >= 15 is 0 Å². The average molecular weight is 383 g/mol. The van der Waals surface area contributed by atoms with Crippen molar-refractivity contribution in [2.75, 3.05) is 32.8 Å². The Hall–Kier alpha value is -1.32. The van der Waals surface area contributed by atoms with E-state index in [0.29, 0.717) is 19.8 Å². The lowest BCUT2D eigenvalue weighted by Gasteiger charge is -2.29. The number of nitrogens with zero attached hydrogens (tertiary/aromatic N) is 3. The van der Waals surface area contributed by atoms with Crippen LogP contribution in [0.15, 0.2) is 0 Å². The van der Waals surface area contributed by atoms with E-state index in [-0.39, 0.29) is 11.7 Å². The van der Waals surface area contributed by atoms with Gasteiger partial charge in [0.15, 0.2) is 5.69 Å². The highest BCUT2D eigenvalue weighted by molar-refractivity contribution is 6.32. The van der Waals surface area contributed by atoms with E-state index in [1.165, 1.54) is 13.8 Å². The quantitative estimate of drug-likeness (QED) is 0.848. The molecule has 0 aromatic carbocycles. The summed E-state index contributed by atoms with van der Waals surface area (Å²) in [5.41, 5.74) is -1.06. The van der Waals surface area contributed by atoms with E-state index in [0.717, 1.165) is 17.8 Å². The lowest BCUT2D eigenvalue weighted by atomic mass is 10.2. The van der Waals surface area contributed by atoms with Crippen molar-refractivity contribution in [3.05, 3.63) is 16.4 Å². The van der Waals surface area contributed by atoms with Gasteiger partial charge in [-0.25, -0.2) is 0 Å². The summed E-state index contributed by atoms with van der Waals surface area (Å²) in [5, 5.41) is 5.83. The zero-order valence-electron chi connectivity index (χ0n) is 14.4. The highest BCUT2D eigenvalue weighted by atomic mass is 35.5. The molecule has 1 amide bonds. The molecule has 0 bridgehead atoms. The topological polar surface area (TPSA) is 59.4 Å². The molecule has 1 aromatic rings. The van der Waals surface area contributed by atoms with Crippen LogP contribution < -0.4 is 5.32 Å². The molecule has 1 N–H and O–H groups in total. The Morgan fingerprint density at radius 1 is 1.36 bits per heavy atom. The largest absolute Gasteiger partial charge is 0.436 e. The van der Waals surface area contributed by atoms with Crippen molar-refractivity contribution < 1.29 is 22.7 Å². The molecule has 2 rings (SSSR count). The predicted octanol–water partition coefficient (Wildman–Crippen LogP) is 2.26. The standard InChI is InChI=1S/C15H22ClF3N4O2/c1-9(8-22-4-6-25-7-5-22)20-14(24)11(3)23-10(2)12(16)13(21-23)15(17,18)19/h9,11H,4-8H2,1-3H3,(H,20,24)/t9-,11+/m1/s1. The molecule has 1 saturated heterocycles. The molecule has 2 heterocycles. The van der Waals surface area contributed by atoms with Crippen molar-refractivity contribution in [3.63, 3.8) is 0 Å². The maximum absolute atomic E-state index is 12.9. The van der Waals surface area contributed by atoms with Gasteiger partial charge in [0, 0.05) is 25.7 Å². The number of hydrogen-bond acceptors (Lipinski definition) is 4. The molecular formula is C15H22ClF3N4O2. The summed E-state index contributed by atoms with van der Waals surface area (Å²) >= 11 is 5.73. The smallest absolute Gasteiger partial charge is 0.379 e. The van der Waals surface area contributed by atoms with Crippen molar-refractivity contribution in [1.82, 2.24) is 20.0 Å². The fourth-order valence-corrected chi connectivity index (χ4v) is 2.98. The minimum Gasteiger partial charge on any atom is -0.379 e. The molecule has 2 atom stereocenters. The van der Waals surface area contributed by atoms with Crippen LogP contribution >= 0.6 is 11.6 Å². The molecule has 0 saturated carbocycles. The zero-order valence-corrected chi connectivity index (χ0v) is 15.1. The lowest BCUT2D eigenvalue weighted by molar-refractivity contribution is -0.141. The minimum absolute atomic E-state index is 0.109. The summed E-state index contributed by atoms with van der Waals surface area (Å²) in [6.45, 7) is 8.29. The van der Waals surface area contributed by atoms with Crippen molar-refractivity contribution >= 4 is 17.5 Å². The molecule has 0 radical (unpaired) electrons. The second-order valence-electron chi connectivity index (χ2n) is 6.19. The summed E-state index contributed by atoms with van der Waals surface area (Å²) < 4.78 is 45.0. The third-order valence-corrected chi connectivity index (χ3v) is 4.57. The Morgan fingerprint density at radius 3 is 2.48 bits per heavy atom. The van der Waals surface area contributed by atoms with Crippen LogP contribution in [0.2, 0.25) is 5.02 Å². The molecule has 6 nitrogen and oxygen atoms in total.